The molecule has 0 spiro atoms. The second-order valence-electron chi connectivity index (χ2n) is 4.25. The average molecular weight is 188 g/mol. The lowest BCUT2D eigenvalue weighted by molar-refractivity contribution is 0.627. The standard InChI is InChI=1S/C12H16N2/c1-8(2)7-11-13-10-6-4-5-9(3)12(10)14-11/h4-6,8H,7H2,1-3H3,(H,13,14). The maximum Gasteiger partial charge on any atom is 0.107 e. The van der Waals surface area contributed by atoms with Gasteiger partial charge in [-0.1, -0.05) is 26.0 Å². The van der Waals surface area contributed by atoms with Crippen molar-refractivity contribution in [3.05, 3.63) is 29.6 Å². The van der Waals surface area contributed by atoms with E-state index in [9.17, 15) is 0 Å². The lowest BCUT2D eigenvalue weighted by Crippen LogP contribution is -1.95. The van der Waals surface area contributed by atoms with E-state index in [1.807, 2.05) is 0 Å². The first-order valence-corrected chi connectivity index (χ1v) is 5.11. The van der Waals surface area contributed by atoms with Gasteiger partial charge in [-0.15, -0.1) is 0 Å². The summed E-state index contributed by atoms with van der Waals surface area (Å²) >= 11 is 0. The Morgan fingerprint density at radius 2 is 2.14 bits per heavy atom. The van der Waals surface area contributed by atoms with E-state index in [0.29, 0.717) is 5.92 Å². The van der Waals surface area contributed by atoms with Gasteiger partial charge in [-0.25, -0.2) is 4.98 Å². The Morgan fingerprint density at radius 3 is 2.79 bits per heavy atom. The second kappa shape index (κ2) is 3.45. The minimum atomic E-state index is 0.649. The van der Waals surface area contributed by atoms with Crippen molar-refractivity contribution >= 4 is 11.0 Å². The lowest BCUT2D eigenvalue weighted by Gasteiger charge is -1.98. The Kier molecular flexibility index (Phi) is 2.28. The number of para-hydroxylation sites is 1. The van der Waals surface area contributed by atoms with Gasteiger partial charge in [0.05, 0.1) is 11.0 Å². The fourth-order valence-electron chi connectivity index (χ4n) is 1.71. The van der Waals surface area contributed by atoms with Crippen LogP contribution in [0.25, 0.3) is 11.0 Å². The van der Waals surface area contributed by atoms with E-state index in [1.165, 1.54) is 5.56 Å². The molecule has 2 aromatic rings. The molecule has 0 fully saturated rings. The summed E-state index contributed by atoms with van der Waals surface area (Å²) in [7, 11) is 0. The topological polar surface area (TPSA) is 28.7 Å². The minimum Gasteiger partial charge on any atom is -0.342 e. The quantitative estimate of drug-likeness (QED) is 0.770. The largest absolute Gasteiger partial charge is 0.342 e. The highest BCUT2D eigenvalue weighted by Gasteiger charge is 2.05. The third-order valence-corrected chi connectivity index (χ3v) is 2.37. The van der Waals surface area contributed by atoms with Gasteiger partial charge in [0.1, 0.15) is 5.82 Å². The van der Waals surface area contributed by atoms with Gasteiger partial charge in [0, 0.05) is 6.42 Å². The molecule has 0 bridgehead atoms. The third kappa shape index (κ3) is 1.65. The first-order valence-electron chi connectivity index (χ1n) is 5.11. The highest BCUT2D eigenvalue weighted by atomic mass is 14.9. The SMILES string of the molecule is Cc1cccc2[nH]c(CC(C)C)nc12. The Hall–Kier alpha value is -1.31. The maximum absolute atomic E-state index is 4.60. The number of H-pyrrole nitrogens is 1. The lowest BCUT2D eigenvalue weighted by atomic mass is 10.1. The molecule has 14 heavy (non-hydrogen) atoms. The molecule has 0 amide bonds. The van der Waals surface area contributed by atoms with Crippen molar-refractivity contribution in [1.29, 1.82) is 0 Å². The van der Waals surface area contributed by atoms with Crippen LogP contribution in [0.3, 0.4) is 0 Å². The molecule has 0 saturated heterocycles. The zero-order valence-electron chi connectivity index (χ0n) is 8.96. The average Bonchev–Trinajstić information content (AvgIpc) is 2.47. The van der Waals surface area contributed by atoms with Gasteiger partial charge < -0.3 is 4.98 Å². The molecule has 0 aliphatic carbocycles. The van der Waals surface area contributed by atoms with Crippen molar-refractivity contribution in [3.8, 4) is 0 Å². The molecule has 74 valence electrons. The molecule has 2 heteroatoms. The smallest absolute Gasteiger partial charge is 0.107 e. The monoisotopic (exact) mass is 188 g/mol. The van der Waals surface area contributed by atoms with Crippen molar-refractivity contribution in [2.75, 3.05) is 0 Å². The summed E-state index contributed by atoms with van der Waals surface area (Å²) in [6.07, 6.45) is 1.02. The van der Waals surface area contributed by atoms with Crippen LogP contribution in [0.2, 0.25) is 0 Å². The van der Waals surface area contributed by atoms with Crippen LogP contribution in [0.1, 0.15) is 25.2 Å². The van der Waals surface area contributed by atoms with Crippen LogP contribution in [0.15, 0.2) is 18.2 Å². The molecule has 0 saturated carbocycles. The Balaban J connectivity index is 2.46. The maximum atomic E-state index is 4.60. The number of aromatic amines is 1. The molecular weight excluding hydrogens is 172 g/mol. The van der Waals surface area contributed by atoms with Crippen molar-refractivity contribution < 1.29 is 0 Å². The van der Waals surface area contributed by atoms with Gasteiger partial charge in [0.25, 0.3) is 0 Å². The van der Waals surface area contributed by atoms with E-state index in [-0.39, 0.29) is 0 Å². The number of benzene rings is 1. The summed E-state index contributed by atoms with van der Waals surface area (Å²) in [5.74, 6) is 1.75. The number of aryl methyl sites for hydroxylation is 1. The van der Waals surface area contributed by atoms with Crippen LogP contribution in [0.4, 0.5) is 0 Å². The van der Waals surface area contributed by atoms with Crippen LogP contribution in [-0.2, 0) is 6.42 Å². The van der Waals surface area contributed by atoms with Gasteiger partial charge in [-0.2, -0.15) is 0 Å². The summed E-state index contributed by atoms with van der Waals surface area (Å²) in [5, 5.41) is 0. The number of fused-ring (bicyclic) bond motifs is 1. The summed E-state index contributed by atoms with van der Waals surface area (Å²) in [4.78, 5) is 7.95. The molecule has 0 radical (unpaired) electrons. The first kappa shape index (κ1) is 9.25. The number of aromatic nitrogens is 2. The number of hydrogen-bond donors (Lipinski definition) is 1. The van der Waals surface area contributed by atoms with Gasteiger partial charge in [-0.05, 0) is 24.5 Å². The molecule has 1 N–H and O–H groups in total. The first-order chi connectivity index (χ1) is 6.66. The highest BCUT2D eigenvalue weighted by molar-refractivity contribution is 5.78. The van der Waals surface area contributed by atoms with Gasteiger partial charge in [0.2, 0.25) is 0 Å². The zero-order valence-corrected chi connectivity index (χ0v) is 8.96. The minimum absolute atomic E-state index is 0.649. The number of nitrogens with one attached hydrogen (secondary N) is 1. The van der Waals surface area contributed by atoms with Gasteiger partial charge in [-0.3, -0.25) is 0 Å². The number of hydrogen-bond acceptors (Lipinski definition) is 1. The van der Waals surface area contributed by atoms with Crippen molar-refractivity contribution in [2.45, 2.75) is 27.2 Å². The second-order valence-corrected chi connectivity index (χ2v) is 4.25. The molecule has 1 heterocycles. The number of rotatable bonds is 2. The molecule has 0 aliphatic rings. The highest BCUT2D eigenvalue weighted by Crippen LogP contribution is 2.16. The van der Waals surface area contributed by atoms with Crippen LogP contribution >= 0.6 is 0 Å². The molecule has 1 aromatic heterocycles. The van der Waals surface area contributed by atoms with Crippen LogP contribution in [-0.4, -0.2) is 9.97 Å². The van der Waals surface area contributed by atoms with Crippen molar-refractivity contribution in [3.63, 3.8) is 0 Å². The molecule has 0 unspecified atom stereocenters. The molecule has 0 aliphatic heterocycles. The van der Waals surface area contributed by atoms with Gasteiger partial charge >= 0.3 is 0 Å². The van der Waals surface area contributed by atoms with Crippen molar-refractivity contribution in [1.82, 2.24) is 9.97 Å². The van der Waals surface area contributed by atoms with Crippen LogP contribution in [0.5, 0.6) is 0 Å². The zero-order chi connectivity index (χ0) is 10.1. The molecule has 2 nitrogen and oxygen atoms in total. The van der Waals surface area contributed by atoms with E-state index in [1.54, 1.807) is 0 Å². The Labute approximate surface area is 84.4 Å². The molecular formula is C12H16N2. The number of nitrogens with zero attached hydrogens (tertiary/aromatic N) is 1. The summed E-state index contributed by atoms with van der Waals surface area (Å²) in [6, 6.07) is 6.25. The summed E-state index contributed by atoms with van der Waals surface area (Å²) in [5.41, 5.74) is 3.51. The molecule has 0 atom stereocenters. The van der Waals surface area contributed by atoms with Gasteiger partial charge in [0.15, 0.2) is 0 Å². The van der Waals surface area contributed by atoms with E-state index >= 15 is 0 Å². The van der Waals surface area contributed by atoms with E-state index in [2.05, 4.69) is 48.9 Å². The van der Waals surface area contributed by atoms with Crippen LogP contribution < -0.4 is 0 Å². The normalized spacial score (nSPS) is 11.4. The number of imidazole rings is 1. The Morgan fingerprint density at radius 1 is 1.36 bits per heavy atom. The van der Waals surface area contributed by atoms with Crippen molar-refractivity contribution in [2.24, 2.45) is 5.92 Å². The predicted molar refractivity (Wildman–Crippen MR) is 59.4 cm³/mol. The fourth-order valence-corrected chi connectivity index (χ4v) is 1.71. The molecule has 1 aromatic carbocycles. The Bertz CT molecular complexity index is 441. The third-order valence-electron chi connectivity index (χ3n) is 2.37. The van der Waals surface area contributed by atoms with E-state index in [4.69, 9.17) is 0 Å². The van der Waals surface area contributed by atoms with E-state index in [0.717, 1.165) is 23.3 Å². The molecule has 2 rings (SSSR count). The van der Waals surface area contributed by atoms with E-state index < -0.39 is 0 Å². The fraction of sp³-hybridized carbons (Fsp3) is 0.417. The summed E-state index contributed by atoms with van der Waals surface area (Å²) < 4.78 is 0. The predicted octanol–water partition coefficient (Wildman–Crippen LogP) is 3.07. The van der Waals surface area contributed by atoms with Crippen LogP contribution in [0, 0.1) is 12.8 Å². The summed E-state index contributed by atoms with van der Waals surface area (Å²) in [6.45, 7) is 6.52.